The van der Waals surface area contributed by atoms with Gasteiger partial charge in [0.2, 0.25) is 0 Å². The van der Waals surface area contributed by atoms with Gasteiger partial charge in [-0.05, 0) is 24.6 Å². The molecule has 0 aromatic heterocycles. The van der Waals surface area contributed by atoms with Gasteiger partial charge in [0.15, 0.2) is 0 Å². The Morgan fingerprint density at radius 2 is 1.93 bits per heavy atom. The SMILES string of the molecule is Cc1ccc(S(=O)CC(F)(F)F)c(F)c1. The summed E-state index contributed by atoms with van der Waals surface area (Å²) < 4.78 is 59.9. The second kappa shape index (κ2) is 4.30. The van der Waals surface area contributed by atoms with Crippen molar-refractivity contribution in [3.8, 4) is 0 Å². The minimum absolute atomic E-state index is 0.405. The van der Waals surface area contributed by atoms with Crippen LogP contribution in [0.4, 0.5) is 17.6 Å². The number of benzene rings is 1. The largest absolute Gasteiger partial charge is 0.400 e. The summed E-state index contributed by atoms with van der Waals surface area (Å²) in [6.45, 7) is 1.60. The van der Waals surface area contributed by atoms with Crippen LogP contribution in [0, 0.1) is 12.7 Å². The van der Waals surface area contributed by atoms with Gasteiger partial charge in [-0.1, -0.05) is 6.07 Å². The van der Waals surface area contributed by atoms with Gasteiger partial charge in [0.05, 0.1) is 15.7 Å². The van der Waals surface area contributed by atoms with Crippen LogP contribution in [0.1, 0.15) is 5.56 Å². The number of aryl methyl sites for hydroxylation is 1. The third kappa shape index (κ3) is 3.62. The van der Waals surface area contributed by atoms with Crippen LogP contribution in [0.15, 0.2) is 23.1 Å². The van der Waals surface area contributed by atoms with E-state index < -0.39 is 33.4 Å². The van der Waals surface area contributed by atoms with E-state index in [1.54, 1.807) is 6.92 Å². The third-order valence-electron chi connectivity index (χ3n) is 1.63. The molecule has 1 atom stereocenters. The minimum atomic E-state index is -4.55. The van der Waals surface area contributed by atoms with Crippen molar-refractivity contribution >= 4 is 10.8 Å². The zero-order valence-electron chi connectivity index (χ0n) is 7.77. The predicted octanol–water partition coefficient (Wildman–Crippen LogP) is 2.80. The molecule has 0 aliphatic carbocycles. The summed E-state index contributed by atoms with van der Waals surface area (Å²) in [5.41, 5.74) is 0.570. The van der Waals surface area contributed by atoms with Gasteiger partial charge in [-0.3, -0.25) is 4.21 Å². The van der Waals surface area contributed by atoms with Crippen molar-refractivity contribution in [3.05, 3.63) is 29.6 Å². The zero-order valence-corrected chi connectivity index (χ0v) is 8.58. The summed E-state index contributed by atoms with van der Waals surface area (Å²) >= 11 is 0. The summed E-state index contributed by atoms with van der Waals surface area (Å²) in [5, 5.41) is 0. The molecule has 0 saturated heterocycles. The Balaban J connectivity index is 2.92. The normalized spacial score (nSPS) is 13.9. The number of rotatable bonds is 2. The van der Waals surface area contributed by atoms with Gasteiger partial charge in [0.25, 0.3) is 0 Å². The molecule has 0 bridgehead atoms. The maximum Gasteiger partial charge on any atom is 0.400 e. The first kappa shape index (κ1) is 12.2. The van der Waals surface area contributed by atoms with E-state index in [1.807, 2.05) is 0 Å². The van der Waals surface area contributed by atoms with Crippen LogP contribution >= 0.6 is 0 Å². The molecular weight excluding hydrogens is 232 g/mol. The molecule has 15 heavy (non-hydrogen) atoms. The topological polar surface area (TPSA) is 17.1 Å². The third-order valence-corrected chi connectivity index (χ3v) is 3.04. The van der Waals surface area contributed by atoms with E-state index >= 15 is 0 Å². The van der Waals surface area contributed by atoms with Gasteiger partial charge in [-0.2, -0.15) is 13.2 Å². The maximum atomic E-state index is 13.1. The lowest BCUT2D eigenvalue weighted by atomic mass is 10.2. The Morgan fingerprint density at radius 1 is 1.33 bits per heavy atom. The fourth-order valence-corrected chi connectivity index (χ4v) is 1.97. The first-order chi connectivity index (χ1) is 6.79. The van der Waals surface area contributed by atoms with Gasteiger partial charge in [-0.25, -0.2) is 4.39 Å². The van der Waals surface area contributed by atoms with E-state index in [0.29, 0.717) is 5.56 Å². The van der Waals surface area contributed by atoms with Crippen LogP contribution in [-0.2, 0) is 10.8 Å². The Hall–Kier alpha value is -0.910. The van der Waals surface area contributed by atoms with Gasteiger partial charge in [0.1, 0.15) is 11.6 Å². The first-order valence-electron chi connectivity index (χ1n) is 4.01. The lowest BCUT2D eigenvalue weighted by Crippen LogP contribution is -2.19. The van der Waals surface area contributed by atoms with Crippen molar-refractivity contribution in [3.63, 3.8) is 0 Å². The molecular formula is C9H8F4OS. The molecule has 0 aliphatic rings. The Labute approximate surface area is 86.6 Å². The molecule has 0 heterocycles. The molecule has 6 heteroatoms. The molecule has 0 saturated carbocycles. The minimum Gasteiger partial charge on any atom is -0.254 e. The van der Waals surface area contributed by atoms with E-state index in [2.05, 4.69) is 0 Å². The highest BCUT2D eigenvalue weighted by Gasteiger charge is 2.31. The number of halogens is 4. The van der Waals surface area contributed by atoms with Crippen LogP contribution in [0.3, 0.4) is 0 Å². The summed E-state index contributed by atoms with van der Waals surface area (Å²) in [7, 11) is -2.37. The molecule has 1 unspecified atom stereocenters. The molecule has 1 aromatic rings. The van der Waals surface area contributed by atoms with Crippen LogP contribution in [0.25, 0.3) is 0 Å². The van der Waals surface area contributed by atoms with Gasteiger partial charge < -0.3 is 0 Å². The lowest BCUT2D eigenvalue weighted by molar-refractivity contribution is -0.105. The van der Waals surface area contributed by atoms with Crippen molar-refractivity contribution in [2.24, 2.45) is 0 Å². The Kier molecular flexibility index (Phi) is 3.49. The van der Waals surface area contributed by atoms with Crippen molar-refractivity contribution in [2.75, 3.05) is 5.75 Å². The Bertz CT molecular complexity index is 386. The molecule has 1 aromatic carbocycles. The second-order valence-electron chi connectivity index (χ2n) is 3.04. The van der Waals surface area contributed by atoms with Crippen molar-refractivity contribution in [1.29, 1.82) is 0 Å². The molecule has 84 valence electrons. The van der Waals surface area contributed by atoms with E-state index in [1.165, 1.54) is 6.07 Å². The average molecular weight is 240 g/mol. The molecule has 1 rings (SSSR count). The first-order valence-corrected chi connectivity index (χ1v) is 5.33. The van der Waals surface area contributed by atoms with E-state index in [4.69, 9.17) is 0 Å². The fraction of sp³-hybridized carbons (Fsp3) is 0.333. The summed E-state index contributed by atoms with van der Waals surface area (Å²) in [6, 6.07) is 3.60. The number of hydrogen-bond acceptors (Lipinski definition) is 1. The van der Waals surface area contributed by atoms with Crippen LogP contribution < -0.4 is 0 Å². The molecule has 0 radical (unpaired) electrons. The monoisotopic (exact) mass is 240 g/mol. The number of alkyl halides is 3. The highest BCUT2D eigenvalue weighted by atomic mass is 32.2. The Morgan fingerprint density at radius 3 is 2.40 bits per heavy atom. The quantitative estimate of drug-likeness (QED) is 0.726. The lowest BCUT2D eigenvalue weighted by Gasteiger charge is -2.07. The maximum absolute atomic E-state index is 13.1. The second-order valence-corrected chi connectivity index (χ2v) is 4.46. The van der Waals surface area contributed by atoms with Crippen molar-refractivity contribution in [2.45, 2.75) is 18.0 Å². The smallest absolute Gasteiger partial charge is 0.254 e. The van der Waals surface area contributed by atoms with E-state index in [-0.39, 0.29) is 0 Å². The number of hydrogen-bond donors (Lipinski definition) is 0. The molecule has 0 amide bonds. The predicted molar refractivity (Wildman–Crippen MR) is 48.5 cm³/mol. The molecule has 0 N–H and O–H groups in total. The van der Waals surface area contributed by atoms with Gasteiger partial charge in [-0.15, -0.1) is 0 Å². The van der Waals surface area contributed by atoms with Gasteiger partial charge in [0, 0.05) is 0 Å². The average Bonchev–Trinajstić information content (AvgIpc) is 1.99. The van der Waals surface area contributed by atoms with Crippen LogP contribution in [0.2, 0.25) is 0 Å². The van der Waals surface area contributed by atoms with Gasteiger partial charge >= 0.3 is 6.18 Å². The summed E-state index contributed by atoms with van der Waals surface area (Å²) in [4.78, 5) is -0.405. The zero-order chi connectivity index (χ0) is 11.6. The summed E-state index contributed by atoms with van der Waals surface area (Å²) in [5.74, 6) is -2.38. The highest BCUT2D eigenvalue weighted by molar-refractivity contribution is 7.85. The van der Waals surface area contributed by atoms with E-state index in [0.717, 1.165) is 12.1 Å². The van der Waals surface area contributed by atoms with Crippen molar-refractivity contribution < 1.29 is 21.8 Å². The van der Waals surface area contributed by atoms with Crippen LogP contribution in [-0.4, -0.2) is 16.1 Å². The van der Waals surface area contributed by atoms with Crippen molar-refractivity contribution in [1.82, 2.24) is 0 Å². The molecule has 0 aliphatic heterocycles. The molecule has 0 fully saturated rings. The van der Waals surface area contributed by atoms with Crippen LogP contribution in [0.5, 0.6) is 0 Å². The molecule has 1 nitrogen and oxygen atoms in total. The molecule has 0 spiro atoms. The standard InChI is InChI=1S/C9H8F4OS/c1-6-2-3-8(7(10)4-6)15(14)5-9(11,12)13/h2-4H,5H2,1H3. The highest BCUT2D eigenvalue weighted by Crippen LogP contribution is 2.21. The van der Waals surface area contributed by atoms with E-state index in [9.17, 15) is 21.8 Å². The fourth-order valence-electron chi connectivity index (χ4n) is 1.02. The summed E-state index contributed by atoms with van der Waals surface area (Å²) in [6.07, 6.45) is -4.55.